The third kappa shape index (κ3) is 4.03. The monoisotopic (exact) mass is 264 g/mol. The van der Waals surface area contributed by atoms with Crippen LogP contribution in [0.2, 0.25) is 0 Å². The summed E-state index contributed by atoms with van der Waals surface area (Å²) < 4.78 is 13.0. The first kappa shape index (κ1) is 14.0. The number of hydrogen-bond donors (Lipinski definition) is 1. The number of likely N-dealkylation sites (tertiary alicyclic amines) is 1. The molecule has 1 aromatic carbocycles. The van der Waals surface area contributed by atoms with E-state index in [0.717, 1.165) is 31.5 Å². The van der Waals surface area contributed by atoms with Crippen LogP contribution in [-0.4, -0.2) is 29.9 Å². The van der Waals surface area contributed by atoms with Gasteiger partial charge in [0.1, 0.15) is 5.82 Å². The van der Waals surface area contributed by atoms with E-state index in [9.17, 15) is 9.18 Å². The Hall–Kier alpha value is -1.42. The highest BCUT2D eigenvalue weighted by molar-refractivity contribution is 5.81. The first-order valence-electron chi connectivity index (χ1n) is 6.93. The number of carbonyl (C=O) groups is 1. The van der Waals surface area contributed by atoms with Gasteiger partial charge in [-0.05, 0) is 43.9 Å². The molecular weight excluding hydrogens is 243 g/mol. The summed E-state index contributed by atoms with van der Waals surface area (Å²) in [6, 6.07) is 6.23. The Balaban J connectivity index is 1.83. The molecule has 0 spiro atoms. The fraction of sp³-hybridized carbons (Fsp3) is 0.533. The van der Waals surface area contributed by atoms with Crippen molar-refractivity contribution >= 4 is 5.91 Å². The first-order chi connectivity index (χ1) is 9.16. The molecule has 0 aliphatic carbocycles. The van der Waals surface area contributed by atoms with Gasteiger partial charge in [-0.3, -0.25) is 4.79 Å². The van der Waals surface area contributed by atoms with E-state index >= 15 is 0 Å². The molecule has 19 heavy (non-hydrogen) atoms. The van der Waals surface area contributed by atoms with E-state index in [1.165, 1.54) is 18.6 Å². The van der Waals surface area contributed by atoms with Crippen LogP contribution < -0.4 is 5.32 Å². The van der Waals surface area contributed by atoms with Crippen LogP contribution in [0, 0.1) is 5.82 Å². The zero-order chi connectivity index (χ0) is 13.7. The Morgan fingerprint density at radius 2 is 2.11 bits per heavy atom. The van der Waals surface area contributed by atoms with Gasteiger partial charge in [0.25, 0.3) is 0 Å². The van der Waals surface area contributed by atoms with Gasteiger partial charge in [-0.2, -0.15) is 0 Å². The summed E-state index contributed by atoms with van der Waals surface area (Å²) in [5.41, 5.74) is 0.860. The molecule has 1 heterocycles. The second-order valence-electron chi connectivity index (χ2n) is 5.12. The van der Waals surface area contributed by atoms with Crippen molar-refractivity contribution in [1.82, 2.24) is 10.2 Å². The van der Waals surface area contributed by atoms with E-state index in [2.05, 4.69) is 5.32 Å². The standard InChI is InChI=1S/C15H21FN2O/c1-12(15(19)18-8-3-2-4-9-18)17-11-13-6-5-7-14(16)10-13/h5-7,10,12,17H,2-4,8-9,11H2,1H3. The Morgan fingerprint density at radius 3 is 2.79 bits per heavy atom. The van der Waals surface area contributed by atoms with Crippen molar-refractivity contribution in [3.05, 3.63) is 35.6 Å². The van der Waals surface area contributed by atoms with Crippen LogP contribution in [0.4, 0.5) is 4.39 Å². The van der Waals surface area contributed by atoms with Gasteiger partial charge >= 0.3 is 0 Å². The lowest BCUT2D eigenvalue weighted by Gasteiger charge is -2.29. The molecule has 4 heteroatoms. The van der Waals surface area contributed by atoms with Crippen molar-refractivity contribution in [2.24, 2.45) is 0 Å². The lowest BCUT2D eigenvalue weighted by atomic mass is 10.1. The van der Waals surface area contributed by atoms with Gasteiger partial charge < -0.3 is 10.2 Å². The minimum Gasteiger partial charge on any atom is -0.341 e. The second-order valence-corrected chi connectivity index (χ2v) is 5.12. The van der Waals surface area contributed by atoms with Gasteiger partial charge in [-0.25, -0.2) is 4.39 Å². The molecule has 1 aromatic rings. The van der Waals surface area contributed by atoms with E-state index in [1.807, 2.05) is 17.9 Å². The minimum absolute atomic E-state index is 0.149. The van der Waals surface area contributed by atoms with Crippen molar-refractivity contribution in [3.63, 3.8) is 0 Å². The van der Waals surface area contributed by atoms with E-state index in [-0.39, 0.29) is 17.8 Å². The fourth-order valence-electron chi connectivity index (χ4n) is 2.39. The van der Waals surface area contributed by atoms with Gasteiger partial charge in [0.15, 0.2) is 0 Å². The number of hydrogen-bond acceptors (Lipinski definition) is 2. The van der Waals surface area contributed by atoms with Crippen LogP contribution in [0.3, 0.4) is 0 Å². The van der Waals surface area contributed by atoms with E-state index in [0.29, 0.717) is 6.54 Å². The molecule has 1 fully saturated rings. The maximum Gasteiger partial charge on any atom is 0.239 e. The average Bonchev–Trinajstić information content (AvgIpc) is 2.45. The molecule has 104 valence electrons. The van der Waals surface area contributed by atoms with Crippen molar-refractivity contribution in [2.45, 2.75) is 38.8 Å². The number of halogens is 1. The largest absolute Gasteiger partial charge is 0.341 e. The van der Waals surface area contributed by atoms with Crippen LogP contribution in [-0.2, 0) is 11.3 Å². The molecule has 2 rings (SSSR count). The Kier molecular flexibility index (Phi) is 4.91. The summed E-state index contributed by atoms with van der Waals surface area (Å²) in [7, 11) is 0. The summed E-state index contributed by atoms with van der Waals surface area (Å²) in [6.07, 6.45) is 3.42. The quantitative estimate of drug-likeness (QED) is 0.905. The number of nitrogens with zero attached hydrogens (tertiary/aromatic N) is 1. The SMILES string of the molecule is CC(NCc1cccc(F)c1)C(=O)N1CCCCC1. The van der Waals surface area contributed by atoms with E-state index < -0.39 is 0 Å². The molecule has 1 atom stereocenters. The molecule has 1 aliphatic heterocycles. The van der Waals surface area contributed by atoms with Gasteiger partial charge in [0.2, 0.25) is 5.91 Å². The normalized spacial score (nSPS) is 17.3. The molecule has 1 unspecified atom stereocenters. The van der Waals surface area contributed by atoms with Gasteiger partial charge in [0.05, 0.1) is 6.04 Å². The lowest BCUT2D eigenvalue weighted by molar-refractivity contribution is -0.133. The highest BCUT2D eigenvalue weighted by Crippen LogP contribution is 2.10. The van der Waals surface area contributed by atoms with Gasteiger partial charge in [-0.1, -0.05) is 12.1 Å². The van der Waals surface area contributed by atoms with Crippen molar-refractivity contribution in [2.75, 3.05) is 13.1 Å². The zero-order valence-electron chi connectivity index (χ0n) is 11.4. The van der Waals surface area contributed by atoms with Crippen molar-refractivity contribution in [1.29, 1.82) is 0 Å². The topological polar surface area (TPSA) is 32.3 Å². The third-order valence-corrected chi connectivity index (χ3v) is 3.54. The highest BCUT2D eigenvalue weighted by atomic mass is 19.1. The van der Waals surface area contributed by atoms with Crippen LogP contribution in [0.5, 0.6) is 0 Å². The predicted octanol–water partition coefficient (Wildman–Crippen LogP) is 2.32. The van der Waals surface area contributed by atoms with Crippen molar-refractivity contribution in [3.8, 4) is 0 Å². The summed E-state index contributed by atoms with van der Waals surface area (Å²) in [4.78, 5) is 14.1. The Labute approximate surface area is 113 Å². The molecule has 1 amide bonds. The number of piperidine rings is 1. The highest BCUT2D eigenvalue weighted by Gasteiger charge is 2.21. The first-order valence-corrected chi connectivity index (χ1v) is 6.93. The molecule has 0 bridgehead atoms. The maximum absolute atomic E-state index is 13.0. The predicted molar refractivity (Wildman–Crippen MR) is 73.1 cm³/mol. The fourth-order valence-corrected chi connectivity index (χ4v) is 2.39. The summed E-state index contributed by atoms with van der Waals surface area (Å²) in [6.45, 7) is 4.12. The lowest BCUT2D eigenvalue weighted by Crippen LogP contribution is -2.46. The second kappa shape index (κ2) is 6.66. The minimum atomic E-state index is -0.241. The van der Waals surface area contributed by atoms with Crippen LogP contribution >= 0.6 is 0 Å². The number of amides is 1. The van der Waals surface area contributed by atoms with Crippen LogP contribution in [0.1, 0.15) is 31.7 Å². The van der Waals surface area contributed by atoms with E-state index in [4.69, 9.17) is 0 Å². The summed E-state index contributed by atoms with van der Waals surface area (Å²) in [5, 5.41) is 3.17. The molecule has 1 N–H and O–H groups in total. The zero-order valence-corrected chi connectivity index (χ0v) is 11.4. The molecule has 0 radical (unpaired) electrons. The van der Waals surface area contributed by atoms with Gasteiger partial charge in [0, 0.05) is 19.6 Å². The van der Waals surface area contributed by atoms with Crippen molar-refractivity contribution < 1.29 is 9.18 Å². The smallest absolute Gasteiger partial charge is 0.239 e. The molecular formula is C15H21FN2O. The molecule has 0 saturated carbocycles. The maximum atomic E-state index is 13.0. The number of nitrogens with one attached hydrogen (secondary N) is 1. The van der Waals surface area contributed by atoms with Gasteiger partial charge in [-0.15, -0.1) is 0 Å². The molecule has 0 aromatic heterocycles. The number of carbonyl (C=O) groups excluding carboxylic acids is 1. The number of rotatable bonds is 4. The molecule has 1 aliphatic rings. The summed E-state index contributed by atoms with van der Waals surface area (Å²) >= 11 is 0. The average molecular weight is 264 g/mol. The van der Waals surface area contributed by atoms with Crippen LogP contribution in [0.25, 0.3) is 0 Å². The Bertz CT molecular complexity index is 430. The third-order valence-electron chi connectivity index (χ3n) is 3.54. The van der Waals surface area contributed by atoms with E-state index in [1.54, 1.807) is 6.07 Å². The van der Waals surface area contributed by atoms with Crippen LogP contribution in [0.15, 0.2) is 24.3 Å². The number of benzene rings is 1. The molecule has 1 saturated heterocycles. The summed E-state index contributed by atoms with van der Waals surface area (Å²) in [5.74, 6) is -0.0922. The Morgan fingerprint density at radius 1 is 1.37 bits per heavy atom. The molecule has 3 nitrogen and oxygen atoms in total.